The summed E-state index contributed by atoms with van der Waals surface area (Å²) in [6, 6.07) is 15.8. The summed E-state index contributed by atoms with van der Waals surface area (Å²) in [6.45, 7) is 1.06. The zero-order chi connectivity index (χ0) is 12.7. The number of hydrogen-bond acceptors (Lipinski definition) is 2. The van der Waals surface area contributed by atoms with Crippen LogP contribution in [0, 0.1) is 0 Å². The lowest BCUT2D eigenvalue weighted by Gasteiger charge is -2.18. The highest BCUT2D eigenvalue weighted by molar-refractivity contribution is 5.69. The summed E-state index contributed by atoms with van der Waals surface area (Å²) in [5, 5.41) is 7.20. The van der Waals surface area contributed by atoms with E-state index in [1.54, 1.807) is 0 Å². The number of benzene rings is 2. The Kier molecular flexibility index (Phi) is 2.47. The average Bonchev–Trinajstić information content (AvgIpc) is 3.06. The number of anilines is 2. The van der Waals surface area contributed by atoms with Crippen LogP contribution in [-0.2, 0) is 12.8 Å². The molecule has 2 nitrogen and oxygen atoms in total. The average molecular weight is 250 g/mol. The third-order valence-electron chi connectivity index (χ3n) is 4.33. The van der Waals surface area contributed by atoms with E-state index in [-0.39, 0.29) is 0 Å². The molecule has 0 saturated heterocycles. The first-order chi connectivity index (χ1) is 9.42. The Morgan fingerprint density at radius 2 is 1.95 bits per heavy atom. The lowest BCUT2D eigenvalue weighted by Crippen LogP contribution is -2.08. The van der Waals surface area contributed by atoms with Gasteiger partial charge in [-0.1, -0.05) is 30.3 Å². The van der Waals surface area contributed by atoms with Crippen molar-refractivity contribution in [2.75, 3.05) is 17.2 Å². The van der Waals surface area contributed by atoms with Crippen LogP contribution in [0.1, 0.15) is 29.2 Å². The maximum atomic E-state index is 3.76. The van der Waals surface area contributed by atoms with E-state index in [0.29, 0.717) is 6.04 Å². The summed E-state index contributed by atoms with van der Waals surface area (Å²) in [5.41, 5.74) is 7.05. The topological polar surface area (TPSA) is 24.1 Å². The quantitative estimate of drug-likeness (QED) is 0.848. The van der Waals surface area contributed by atoms with Gasteiger partial charge in [-0.3, -0.25) is 0 Å². The van der Waals surface area contributed by atoms with Gasteiger partial charge in [-0.15, -0.1) is 0 Å². The van der Waals surface area contributed by atoms with E-state index in [1.807, 2.05) is 0 Å². The first-order valence-corrected chi connectivity index (χ1v) is 7.12. The number of nitrogens with one attached hydrogen (secondary N) is 2. The second-order valence-electron chi connectivity index (χ2n) is 5.44. The molecule has 0 fully saturated rings. The summed E-state index contributed by atoms with van der Waals surface area (Å²) in [4.78, 5) is 0. The molecule has 0 saturated carbocycles. The number of fused-ring (bicyclic) bond motifs is 2. The monoisotopic (exact) mass is 250 g/mol. The molecule has 4 rings (SSSR count). The molecule has 1 heterocycles. The first-order valence-electron chi connectivity index (χ1n) is 7.12. The molecule has 0 amide bonds. The Hall–Kier alpha value is -1.96. The summed E-state index contributed by atoms with van der Waals surface area (Å²) in [6.07, 6.45) is 3.53. The van der Waals surface area contributed by atoms with Crippen molar-refractivity contribution >= 4 is 11.4 Å². The molecular formula is C17H18N2. The van der Waals surface area contributed by atoms with Gasteiger partial charge in [0.2, 0.25) is 0 Å². The standard InChI is InChI=1S/C17H18N2/c1-2-5-13-12(4-1)8-9-17(13)19-16-7-3-6-15-14(16)10-11-18-15/h1-7,17-19H,8-11H2. The van der Waals surface area contributed by atoms with Crippen LogP contribution in [0.4, 0.5) is 11.4 Å². The van der Waals surface area contributed by atoms with Gasteiger partial charge in [0.1, 0.15) is 0 Å². The molecule has 2 heteroatoms. The van der Waals surface area contributed by atoms with E-state index in [1.165, 1.54) is 40.9 Å². The van der Waals surface area contributed by atoms with Gasteiger partial charge in [0.05, 0.1) is 6.04 Å². The van der Waals surface area contributed by atoms with E-state index in [0.717, 1.165) is 13.0 Å². The lowest BCUT2D eigenvalue weighted by molar-refractivity contribution is 0.760. The normalized spacial score (nSPS) is 19.7. The molecule has 0 aromatic heterocycles. The molecule has 2 aliphatic rings. The molecule has 19 heavy (non-hydrogen) atoms. The van der Waals surface area contributed by atoms with Gasteiger partial charge >= 0.3 is 0 Å². The SMILES string of the molecule is c1ccc2c(c1)CCC2Nc1cccc2c1CCN2. The van der Waals surface area contributed by atoms with Crippen molar-refractivity contribution in [3.05, 3.63) is 59.2 Å². The van der Waals surface area contributed by atoms with Crippen molar-refractivity contribution in [3.63, 3.8) is 0 Å². The highest BCUT2D eigenvalue weighted by Crippen LogP contribution is 2.36. The second kappa shape index (κ2) is 4.30. The zero-order valence-electron chi connectivity index (χ0n) is 10.9. The zero-order valence-corrected chi connectivity index (χ0v) is 10.9. The lowest BCUT2D eigenvalue weighted by atomic mass is 10.1. The van der Waals surface area contributed by atoms with Crippen LogP contribution in [0.3, 0.4) is 0 Å². The van der Waals surface area contributed by atoms with Gasteiger partial charge in [-0.2, -0.15) is 0 Å². The summed E-state index contributed by atoms with van der Waals surface area (Å²) in [5.74, 6) is 0. The smallest absolute Gasteiger partial charge is 0.0519 e. The minimum atomic E-state index is 0.475. The van der Waals surface area contributed by atoms with Gasteiger partial charge < -0.3 is 10.6 Å². The Morgan fingerprint density at radius 1 is 1.00 bits per heavy atom. The third kappa shape index (κ3) is 1.79. The number of aryl methyl sites for hydroxylation is 1. The van der Waals surface area contributed by atoms with E-state index in [4.69, 9.17) is 0 Å². The van der Waals surface area contributed by atoms with Gasteiger partial charge in [-0.25, -0.2) is 0 Å². The molecule has 96 valence electrons. The first kappa shape index (κ1) is 10.9. The van der Waals surface area contributed by atoms with Crippen LogP contribution in [0.2, 0.25) is 0 Å². The Morgan fingerprint density at radius 3 is 2.95 bits per heavy atom. The predicted molar refractivity (Wildman–Crippen MR) is 79.8 cm³/mol. The predicted octanol–water partition coefficient (Wildman–Crippen LogP) is 3.75. The summed E-state index contributed by atoms with van der Waals surface area (Å²) >= 11 is 0. The van der Waals surface area contributed by atoms with Crippen molar-refractivity contribution in [2.24, 2.45) is 0 Å². The van der Waals surface area contributed by atoms with Crippen molar-refractivity contribution in [2.45, 2.75) is 25.3 Å². The van der Waals surface area contributed by atoms with Crippen LogP contribution in [0.15, 0.2) is 42.5 Å². The molecule has 2 N–H and O–H groups in total. The number of rotatable bonds is 2. The number of hydrogen-bond donors (Lipinski definition) is 2. The Labute approximate surface area is 113 Å². The molecule has 1 unspecified atom stereocenters. The maximum absolute atomic E-state index is 3.76. The van der Waals surface area contributed by atoms with Gasteiger partial charge in [-0.05, 0) is 42.5 Å². The van der Waals surface area contributed by atoms with Crippen LogP contribution in [0.5, 0.6) is 0 Å². The fraction of sp³-hybridized carbons (Fsp3) is 0.294. The molecule has 2 aromatic carbocycles. The van der Waals surface area contributed by atoms with Gasteiger partial charge in [0.15, 0.2) is 0 Å². The molecule has 0 bridgehead atoms. The third-order valence-corrected chi connectivity index (χ3v) is 4.33. The van der Waals surface area contributed by atoms with Crippen molar-refractivity contribution in [1.82, 2.24) is 0 Å². The molecule has 1 aliphatic carbocycles. The van der Waals surface area contributed by atoms with E-state index >= 15 is 0 Å². The molecule has 1 atom stereocenters. The van der Waals surface area contributed by atoms with Crippen LogP contribution < -0.4 is 10.6 Å². The molecule has 0 radical (unpaired) electrons. The van der Waals surface area contributed by atoms with Crippen molar-refractivity contribution in [3.8, 4) is 0 Å². The Bertz CT molecular complexity index is 618. The summed E-state index contributed by atoms with van der Waals surface area (Å²) < 4.78 is 0. The van der Waals surface area contributed by atoms with Gasteiger partial charge in [0, 0.05) is 23.5 Å². The maximum Gasteiger partial charge on any atom is 0.0519 e. The van der Waals surface area contributed by atoms with E-state index in [2.05, 4.69) is 53.1 Å². The minimum Gasteiger partial charge on any atom is -0.384 e. The highest BCUT2D eigenvalue weighted by atomic mass is 15.0. The highest BCUT2D eigenvalue weighted by Gasteiger charge is 2.23. The van der Waals surface area contributed by atoms with Crippen LogP contribution >= 0.6 is 0 Å². The van der Waals surface area contributed by atoms with E-state index in [9.17, 15) is 0 Å². The molecule has 0 spiro atoms. The van der Waals surface area contributed by atoms with Crippen molar-refractivity contribution in [1.29, 1.82) is 0 Å². The second-order valence-corrected chi connectivity index (χ2v) is 5.44. The van der Waals surface area contributed by atoms with Crippen LogP contribution in [0.25, 0.3) is 0 Å². The largest absolute Gasteiger partial charge is 0.384 e. The summed E-state index contributed by atoms with van der Waals surface area (Å²) in [7, 11) is 0. The fourth-order valence-electron chi connectivity index (χ4n) is 3.37. The van der Waals surface area contributed by atoms with Crippen molar-refractivity contribution < 1.29 is 0 Å². The molecule has 1 aliphatic heterocycles. The fourth-order valence-corrected chi connectivity index (χ4v) is 3.37. The van der Waals surface area contributed by atoms with Crippen LogP contribution in [-0.4, -0.2) is 6.54 Å². The molecular weight excluding hydrogens is 232 g/mol. The Balaban J connectivity index is 1.65. The minimum absolute atomic E-state index is 0.475. The van der Waals surface area contributed by atoms with E-state index < -0.39 is 0 Å². The van der Waals surface area contributed by atoms with Gasteiger partial charge in [0.25, 0.3) is 0 Å². The molecule has 2 aromatic rings.